The minimum Gasteiger partial charge on any atom is -0.309 e. The second kappa shape index (κ2) is 17.9. The van der Waals surface area contributed by atoms with Crippen molar-refractivity contribution in [3.05, 3.63) is 311 Å². The van der Waals surface area contributed by atoms with Gasteiger partial charge in [0, 0.05) is 33.6 Å². The van der Waals surface area contributed by atoms with Crippen molar-refractivity contribution in [3.63, 3.8) is 0 Å². The molecule has 0 fully saturated rings. The first kappa shape index (κ1) is 42.7. The van der Waals surface area contributed by atoms with Crippen LogP contribution in [-0.2, 0) is 0 Å². The Hall–Kier alpha value is -9.38. The summed E-state index contributed by atoms with van der Waals surface area (Å²) in [5.74, 6) is -0.571. The van der Waals surface area contributed by atoms with Crippen molar-refractivity contribution in [1.82, 2.24) is 0 Å². The van der Waals surface area contributed by atoms with E-state index in [1.807, 2.05) is 24.3 Å². The van der Waals surface area contributed by atoms with E-state index >= 15 is 0 Å². The molecule has 2 aliphatic rings. The van der Waals surface area contributed by atoms with Gasteiger partial charge in [0.2, 0.25) is 0 Å². The van der Waals surface area contributed by atoms with Crippen LogP contribution in [0.2, 0.25) is 0 Å². The molecule has 0 amide bonds. The second-order valence-corrected chi connectivity index (χ2v) is 18.3. The molecule has 340 valence electrons. The maximum Gasteiger partial charge on any atom is 0.123 e. The zero-order chi connectivity index (χ0) is 48.1. The summed E-state index contributed by atoms with van der Waals surface area (Å²) < 4.78 is 29.5. The van der Waals surface area contributed by atoms with Crippen LogP contribution in [0.15, 0.2) is 267 Å². The zero-order valence-electron chi connectivity index (χ0n) is 39.1. The normalized spacial score (nSPS) is 13.9. The lowest BCUT2D eigenvalue weighted by Gasteiger charge is -2.35. The summed E-state index contributed by atoms with van der Waals surface area (Å²) in [4.78, 5) is 4.57. The Bertz CT molecular complexity index is 3720. The summed E-state index contributed by atoms with van der Waals surface area (Å²) in [6.07, 6.45) is 9.11. The van der Waals surface area contributed by atoms with Gasteiger partial charge in [-0.05, 0) is 138 Å². The molecule has 0 aromatic heterocycles. The number of allylic oxidation sites excluding steroid dienone is 4. The van der Waals surface area contributed by atoms with E-state index in [1.165, 1.54) is 24.3 Å². The summed E-state index contributed by atoms with van der Waals surface area (Å²) in [6, 6.07) is 82.3. The molecule has 0 bridgehead atoms. The topological polar surface area (TPSA) is 6.48 Å². The lowest BCUT2D eigenvalue weighted by atomic mass is 9.91. The van der Waals surface area contributed by atoms with Crippen molar-refractivity contribution in [3.8, 4) is 0 Å². The molecule has 72 heavy (non-hydrogen) atoms. The van der Waals surface area contributed by atoms with Crippen molar-refractivity contribution in [2.75, 3.05) is 9.80 Å². The summed E-state index contributed by atoms with van der Waals surface area (Å²) in [6.45, 7) is 0. The molecule has 0 spiro atoms. The molecule has 0 saturated carbocycles. The van der Waals surface area contributed by atoms with Crippen LogP contribution in [0, 0.1) is 11.6 Å². The van der Waals surface area contributed by atoms with Crippen LogP contribution >= 0.6 is 0 Å². The molecule has 11 aromatic rings. The predicted molar refractivity (Wildman–Crippen MR) is 298 cm³/mol. The number of fused-ring (bicyclic) bond motifs is 4. The molecule has 11 aromatic carbocycles. The Labute approximate surface area is 416 Å². The van der Waals surface area contributed by atoms with Gasteiger partial charge in [-0.3, -0.25) is 0 Å². The third kappa shape index (κ3) is 7.58. The van der Waals surface area contributed by atoms with Gasteiger partial charge in [-0.15, -0.1) is 0 Å². The van der Waals surface area contributed by atoms with E-state index in [9.17, 15) is 8.78 Å². The van der Waals surface area contributed by atoms with Gasteiger partial charge < -0.3 is 9.80 Å². The first-order chi connectivity index (χ1) is 35.5. The number of rotatable bonds is 6. The van der Waals surface area contributed by atoms with Crippen LogP contribution in [0.3, 0.4) is 0 Å². The molecule has 2 heterocycles. The van der Waals surface area contributed by atoms with Crippen LogP contribution < -0.4 is 20.2 Å². The molecule has 0 unspecified atom stereocenters. The Morgan fingerprint density at radius 2 is 0.486 bits per heavy atom. The van der Waals surface area contributed by atoms with E-state index in [-0.39, 0.29) is 11.6 Å². The van der Waals surface area contributed by atoms with Gasteiger partial charge in [-0.1, -0.05) is 194 Å². The molecule has 0 saturated heterocycles. The maximum atomic E-state index is 14.7. The van der Waals surface area contributed by atoms with E-state index in [4.69, 9.17) is 0 Å². The number of hydrogen-bond acceptors (Lipinski definition) is 2. The van der Waals surface area contributed by atoms with Gasteiger partial charge in [-0.2, -0.15) is 0 Å². The van der Waals surface area contributed by atoms with Crippen molar-refractivity contribution in [2.45, 2.75) is 0 Å². The van der Waals surface area contributed by atoms with Crippen LogP contribution in [0.4, 0.5) is 20.2 Å². The summed E-state index contributed by atoms with van der Waals surface area (Å²) in [5, 5.41) is 11.1. The number of nitrogens with zero attached hydrogens (tertiary/aromatic N) is 2. The third-order valence-electron chi connectivity index (χ3n) is 14.1. The number of hydrogen-bond donors (Lipinski definition) is 0. The Kier molecular flexibility index (Phi) is 10.6. The largest absolute Gasteiger partial charge is 0.309 e. The smallest absolute Gasteiger partial charge is 0.123 e. The lowest BCUT2D eigenvalue weighted by Crippen LogP contribution is -2.25. The van der Waals surface area contributed by atoms with Crippen LogP contribution in [0.5, 0.6) is 0 Å². The molecule has 13 rings (SSSR count). The van der Waals surface area contributed by atoms with E-state index in [1.54, 1.807) is 0 Å². The monoisotopic (exact) mass is 926 g/mol. The van der Waals surface area contributed by atoms with Gasteiger partial charge in [0.1, 0.15) is 11.6 Å². The molecule has 0 N–H and O–H groups in total. The number of benzene rings is 11. The predicted octanol–water partition coefficient (Wildman–Crippen LogP) is 16.1. The van der Waals surface area contributed by atoms with Gasteiger partial charge in [0.05, 0.1) is 22.8 Å². The molecular weight excluding hydrogens is 883 g/mol. The lowest BCUT2D eigenvalue weighted by molar-refractivity contribution is 0.627. The highest BCUT2D eigenvalue weighted by Crippen LogP contribution is 2.45. The van der Waals surface area contributed by atoms with Crippen LogP contribution in [0.25, 0.3) is 77.0 Å². The Morgan fingerprint density at radius 1 is 0.236 bits per heavy atom. The van der Waals surface area contributed by atoms with E-state index < -0.39 is 0 Å². The molecule has 4 heteroatoms. The SMILES string of the molecule is Fc1ccc(N2C(c3cccc4ccccc34)=CC(=c3ccc(=C4C=C(c5cccc6ccccc56)N(c5ccc(F)cc5)C(c5cccc6ccccc56)=C4)cc3)C=C2c2cccc3ccccc23)cc1. The second-order valence-electron chi connectivity index (χ2n) is 18.3. The Balaban J connectivity index is 1.08. The fourth-order valence-corrected chi connectivity index (χ4v) is 10.7. The van der Waals surface area contributed by atoms with Gasteiger partial charge in [0.15, 0.2) is 0 Å². The average molecular weight is 927 g/mol. The highest BCUT2D eigenvalue weighted by Gasteiger charge is 2.28. The zero-order valence-corrected chi connectivity index (χ0v) is 39.1. The highest BCUT2D eigenvalue weighted by atomic mass is 19.1. The third-order valence-corrected chi connectivity index (χ3v) is 14.1. The molecule has 0 aliphatic carbocycles. The first-order valence-electron chi connectivity index (χ1n) is 24.3. The molecule has 2 aliphatic heterocycles. The van der Waals surface area contributed by atoms with Crippen molar-refractivity contribution in [2.24, 2.45) is 0 Å². The van der Waals surface area contributed by atoms with Gasteiger partial charge in [0.25, 0.3) is 0 Å². The standard InChI is InChI=1S/C68H44F2N2/c69-53-33-37-55(38-34-53)71-65(61-25-9-17-47-13-1-5-21-57(47)61)41-51(42-66(71)62-26-10-18-48-14-2-6-22-58(48)62)45-29-31-46(32-30-45)52-43-67(63-27-11-19-49-15-3-7-23-59(49)63)72(56-39-35-54(70)36-40-56)68(44-52)64-28-12-20-50-16-4-8-24-60(50)64/h1-44H. The summed E-state index contributed by atoms with van der Waals surface area (Å²) in [5.41, 5.74) is 12.0. The van der Waals surface area contributed by atoms with Crippen molar-refractivity contribution < 1.29 is 8.78 Å². The van der Waals surface area contributed by atoms with Gasteiger partial charge >= 0.3 is 0 Å². The Morgan fingerprint density at radius 3 is 0.764 bits per heavy atom. The van der Waals surface area contributed by atoms with E-state index in [2.05, 4.69) is 228 Å². The number of anilines is 2. The fourth-order valence-electron chi connectivity index (χ4n) is 10.7. The van der Waals surface area contributed by atoms with Crippen molar-refractivity contribution >= 4 is 88.4 Å². The average Bonchev–Trinajstić information content (AvgIpc) is 3.44. The fraction of sp³-hybridized carbons (Fsp3) is 0. The minimum absolute atomic E-state index is 0.286. The van der Waals surface area contributed by atoms with E-state index in [0.717, 1.165) is 121 Å². The molecule has 0 radical (unpaired) electrons. The highest BCUT2D eigenvalue weighted by molar-refractivity contribution is 6.13. The van der Waals surface area contributed by atoms with Gasteiger partial charge in [-0.25, -0.2) is 8.78 Å². The molecule has 2 nitrogen and oxygen atoms in total. The van der Waals surface area contributed by atoms with E-state index in [0.29, 0.717) is 0 Å². The van der Waals surface area contributed by atoms with Crippen molar-refractivity contribution in [1.29, 1.82) is 0 Å². The number of halogens is 2. The van der Waals surface area contributed by atoms with Crippen LogP contribution in [-0.4, -0.2) is 0 Å². The minimum atomic E-state index is -0.286. The summed E-state index contributed by atoms with van der Waals surface area (Å²) in [7, 11) is 0. The van der Waals surface area contributed by atoms with Crippen LogP contribution in [0.1, 0.15) is 22.3 Å². The first-order valence-corrected chi connectivity index (χ1v) is 24.3. The summed E-state index contributed by atoms with van der Waals surface area (Å²) >= 11 is 0. The quantitative estimate of drug-likeness (QED) is 0.164. The molecule has 0 atom stereocenters. The maximum absolute atomic E-state index is 14.7. The molecular formula is C68H44F2N2.